The molecule has 0 amide bonds. The second-order valence-electron chi connectivity index (χ2n) is 3.88. The largest absolute Gasteiger partial charge is 0.535 e. The van der Waals surface area contributed by atoms with Crippen LogP contribution in [0.25, 0.3) is 0 Å². The summed E-state index contributed by atoms with van der Waals surface area (Å²) in [5.41, 5.74) is 0.532. The number of aromatic carboxylic acids is 1. The fourth-order valence-corrected chi connectivity index (χ4v) is 1.88. The van der Waals surface area contributed by atoms with E-state index in [0.29, 0.717) is 18.3 Å². The molecule has 0 saturated carbocycles. The average Bonchev–Trinajstić information content (AvgIpc) is 2.34. The first-order chi connectivity index (χ1) is 8.63. The van der Waals surface area contributed by atoms with Gasteiger partial charge in [-0.25, -0.2) is 9.18 Å². The monoisotopic (exact) mass is 254 g/mol. The third-order valence-electron chi connectivity index (χ3n) is 2.66. The van der Waals surface area contributed by atoms with Gasteiger partial charge in [-0.15, -0.1) is 0 Å². The van der Waals surface area contributed by atoms with E-state index in [-0.39, 0.29) is 23.7 Å². The summed E-state index contributed by atoms with van der Waals surface area (Å²) in [5.74, 6) is -1.07. The van der Waals surface area contributed by atoms with Gasteiger partial charge < -0.3 is 19.5 Å². The minimum absolute atomic E-state index is 0.0491. The molecule has 0 spiro atoms. The van der Waals surface area contributed by atoms with Crippen molar-refractivity contribution in [1.29, 1.82) is 0 Å². The molecule has 7 heteroatoms. The van der Waals surface area contributed by atoms with Gasteiger partial charge in [0.15, 0.2) is 0 Å². The normalized spacial score (nSPS) is 13.8. The van der Waals surface area contributed by atoms with E-state index in [2.05, 4.69) is 0 Å². The number of aryl methyl sites for hydroxylation is 1. The minimum Gasteiger partial charge on any atom is -0.535 e. The van der Waals surface area contributed by atoms with Gasteiger partial charge in [0.25, 0.3) is 0 Å². The summed E-state index contributed by atoms with van der Waals surface area (Å²) in [6.45, 7) is -0.929. The van der Waals surface area contributed by atoms with Crippen LogP contribution in [-0.2, 0) is 6.42 Å². The molecule has 0 aliphatic carbocycles. The molecule has 0 fully saturated rings. The molecule has 0 saturated heterocycles. The van der Waals surface area contributed by atoms with Crippen molar-refractivity contribution in [2.45, 2.75) is 12.7 Å². The van der Waals surface area contributed by atoms with Crippen LogP contribution >= 0.6 is 0 Å². The highest BCUT2D eigenvalue weighted by Gasteiger charge is 2.29. The number of halogens is 1. The van der Waals surface area contributed by atoms with Crippen molar-refractivity contribution in [3.8, 4) is 11.5 Å². The van der Waals surface area contributed by atoms with Crippen LogP contribution in [0.1, 0.15) is 15.9 Å². The molecule has 1 aliphatic rings. The summed E-state index contributed by atoms with van der Waals surface area (Å²) >= 11 is 0. The Morgan fingerprint density at radius 1 is 1.56 bits per heavy atom. The zero-order valence-electron chi connectivity index (χ0n) is 9.56. The van der Waals surface area contributed by atoms with Gasteiger partial charge in [0.2, 0.25) is 0 Å². The maximum Gasteiger partial charge on any atom is 0.522 e. The van der Waals surface area contributed by atoms with E-state index in [1.54, 1.807) is 6.07 Å². The van der Waals surface area contributed by atoms with Crippen LogP contribution in [0, 0.1) is 0 Å². The number of carboxylic acid groups (broad SMARTS) is 1. The van der Waals surface area contributed by atoms with Crippen LogP contribution in [0.5, 0.6) is 11.5 Å². The van der Waals surface area contributed by atoms with E-state index in [1.165, 1.54) is 6.07 Å². The highest BCUT2D eigenvalue weighted by Crippen LogP contribution is 2.36. The van der Waals surface area contributed by atoms with Crippen molar-refractivity contribution < 1.29 is 28.7 Å². The highest BCUT2D eigenvalue weighted by molar-refractivity contribution is 6.44. The molecule has 0 aromatic heterocycles. The number of fused-ring (bicyclic) bond motifs is 1. The van der Waals surface area contributed by atoms with Crippen molar-refractivity contribution in [1.82, 2.24) is 0 Å². The summed E-state index contributed by atoms with van der Waals surface area (Å²) in [4.78, 5) is 11.2. The van der Waals surface area contributed by atoms with Gasteiger partial charge in [0.1, 0.15) is 30.3 Å². The summed E-state index contributed by atoms with van der Waals surface area (Å²) < 4.78 is 22.2. The Bertz CT molecular complexity index is 465. The molecule has 0 bridgehead atoms. The Kier molecular flexibility index (Phi) is 3.71. The molecule has 2 rings (SSSR count). The standard InChI is InChI=1S/C11H12BFO5/c13-5-6-17-8-2-1-7-3-4-12(16)18-10(7)9(8)11(14)15/h1-2,16H,3-6H2,(H,14,15). The van der Waals surface area contributed by atoms with Crippen LogP contribution in [0.4, 0.5) is 4.39 Å². The number of rotatable bonds is 4. The highest BCUT2D eigenvalue weighted by atomic mass is 19.1. The Morgan fingerprint density at radius 3 is 3.00 bits per heavy atom. The van der Waals surface area contributed by atoms with Gasteiger partial charge in [0, 0.05) is 0 Å². The molecule has 0 radical (unpaired) electrons. The molecule has 96 valence electrons. The predicted molar refractivity (Wildman–Crippen MR) is 62.0 cm³/mol. The van der Waals surface area contributed by atoms with Crippen molar-refractivity contribution in [3.05, 3.63) is 23.3 Å². The third kappa shape index (κ3) is 2.40. The number of hydrogen-bond donors (Lipinski definition) is 2. The summed E-state index contributed by atoms with van der Waals surface area (Å²) in [6, 6.07) is 3.15. The molecule has 18 heavy (non-hydrogen) atoms. The minimum atomic E-state index is -1.23. The smallest absolute Gasteiger partial charge is 0.522 e. The van der Waals surface area contributed by atoms with Crippen LogP contribution in [0.15, 0.2) is 12.1 Å². The fourth-order valence-electron chi connectivity index (χ4n) is 1.88. The molecule has 2 N–H and O–H groups in total. The van der Waals surface area contributed by atoms with E-state index < -0.39 is 19.8 Å². The lowest BCUT2D eigenvalue weighted by atomic mass is 9.78. The Balaban J connectivity index is 2.43. The van der Waals surface area contributed by atoms with Crippen molar-refractivity contribution in [3.63, 3.8) is 0 Å². The molecule has 5 nitrogen and oxygen atoms in total. The molecular formula is C11H12BFO5. The zero-order valence-corrected chi connectivity index (χ0v) is 9.56. The lowest BCUT2D eigenvalue weighted by Gasteiger charge is -2.22. The van der Waals surface area contributed by atoms with Gasteiger partial charge >= 0.3 is 13.1 Å². The van der Waals surface area contributed by atoms with E-state index in [1.807, 2.05) is 0 Å². The van der Waals surface area contributed by atoms with E-state index in [9.17, 15) is 19.3 Å². The van der Waals surface area contributed by atoms with E-state index in [0.717, 1.165) is 0 Å². The first-order valence-corrected chi connectivity index (χ1v) is 5.56. The van der Waals surface area contributed by atoms with Crippen LogP contribution < -0.4 is 9.39 Å². The molecule has 0 atom stereocenters. The maximum absolute atomic E-state index is 12.1. The quantitative estimate of drug-likeness (QED) is 0.788. The van der Waals surface area contributed by atoms with Crippen LogP contribution in [0.2, 0.25) is 6.32 Å². The number of carbonyl (C=O) groups is 1. The first-order valence-electron chi connectivity index (χ1n) is 5.56. The van der Waals surface area contributed by atoms with Gasteiger partial charge in [-0.2, -0.15) is 0 Å². The predicted octanol–water partition coefficient (Wildman–Crippen LogP) is 1.15. The van der Waals surface area contributed by atoms with Gasteiger partial charge in [-0.3, -0.25) is 0 Å². The number of hydrogen-bond acceptors (Lipinski definition) is 4. The second kappa shape index (κ2) is 5.26. The van der Waals surface area contributed by atoms with Crippen molar-refractivity contribution in [2.24, 2.45) is 0 Å². The molecule has 1 heterocycles. The summed E-state index contributed by atoms with van der Waals surface area (Å²) in [6.07, 6.45) is 0.941. The third-order valence-corrected chi connectivity index (χ3v) is 2.66. The average molecular weight is 254 g/mol. The molecule has 1 aromatic rings. The number of benzene rings is 1. The van der Waals surface area contributed by atoms with Gasteiger partial charge in [-0.05, 0) is 24.4 Å². The van der Waals surface area contributed by atoms with Crippen molar-refractivity contribution >= 4 is 13.1 Å². The topological polar surface area (TPSA) is 76.0 Å². The number of alkyl halides is 1. The lowest BCUT2D eigenvalue weighted by Crippen LogP contribution is -2.28. The van der Waals surface area contributed by atoms with Crippen LogP contribution in [-0.4, -0.2) is 36.5 Å². The lowest BCUT2D eigenvalue weighted by molar-refractivity contribution is 0.0689. The number of carboxylic acids is 1. The molecular weight excluding hydrogens is 242 g/mol. The Morgan fingerprint density at radius 2 is 2.33 bits per heavy atom. The van der Waals surface area contributed by atoms with E-state index in [4.69, 9.17) is 9.39 Å². The molecule has 1 aliphatic heterocycles. The van der Waals surface area contributed by atoms with Gasteiger partial charge in [-0.1, -0.05) is 6.07 Å². The Labute approximate surface area is 103 Å². The zero-order chi connectivity index (χ0) is 13.1. The van der Waals surface area contributed by atoms with Crippen LogP contribution in [0.3, 0.4) is 0 Å². The summed E-state index contributed by atoms with van der Waals surface area (Å²) in [5, 5.41) is 18.6. The first kappa shape index (κ1) is 12.7. The number of ether oxygens (including phenoxy) is 1. The van der Waals surface area contributed by atoms with Crippen molar-refractivity contribution in [2.75, 3.05) is 13.3 Å². The van der Waals surface area contributed by atoms with Gasteiger partial charge in [0.05, 0.1) is 0 Å². The second-order valence-corrected chi connectivity index (χ2v) is 3.88. The SMILES string of the molecule is O=C(O)c1c(OCCF)ccc2c1OB(O)CC2. The maximum atomic E-state index is 12.1. The van der Waals surface area contributed by atoms with E-state index >= 15 is 0 Å². The summed E-state index contributed by atoms with van der Waals surface area (Å²) in [7, 11) is -1.02. The Hall–Kier alpha value is -1.76. The fraction of sp³-hybridized carbons (Fsp3) is 0.364. The molecule has 1 aromatic carbocycles. The molecule has 0 unspecified atom stereocenters.